The van der Waals surface area contributed by atoms with E-state index in [0.29, 0.717) is 26.2 Å². The fraction of sp³-hybridized carbons (Fsp3) is 0.381. The van der Waals surface area contributed by atoms with Gasteiger partial charge in [-0.3, -0.25) is 9.10 Å². The molecule has 1 unspecified atom stereocenters. The van der Waals surface area contributed by atoms with Crippen molar-refractivity contribution >= 4 is 27.3 Å². The summed E-state index contributed by atoms with van der Waals surface area (Å²) in [6.45, 7) is 3.42. The number of carbonyl (C=O) groups is 1. The summed E-state index contributed by atoms with van der Waals surface area (Å²) in [7, 11) is -2.32. The molecule has 0 saturated carbocycles. The molecule has 2 aromatic rings. The second-order valence-corrected chi connectivity index (χ2v) is 9.20. The van der Waals surface area contributed by atoms with E-state index in [0.717, 1.165) is 40.2 Å². The maximum absolute atomic E-state index is 13.7. The molecule has 31 heavy (non-hydrogen) atoms. The van der Waals surface area contributed by atoms with Crippen molar-refractivity contribution < 1.29 is 26.7 Å². The highest BCUT2D eigenvalue weighted by Crippen LogP contribution is 2.25. The molecule has 0 bridgehead atoms. The fourth-order valence-corrected chi connectivity index (χ4v) is 4.83. The second kappa shape index (κ2) is 9.09. The highest BCUT2D eigenvalue weighted by atomic mass is 32.2. The number of amides is 1. The third-order valence-electron chi connectivity index (χ3n) is 5.25. The van der Waals surface area contributed by atoms with Crippen LogP contribution in [0.25, 0.3) is 0 Å². The van der Waals surface area contributed by atoms with Crippen LogP contribution in [0.3, 0.4) is 0 Å². The van der Waals surface area contributed by atoms with Crippen LogP contribution in [0.5, 0.6) is 5.75 Å². The lowest BCUT2D eigenvalue weighted by molar-refractivity contribution is -0.132. The largest absolute Gasteiger partial charge is 0.497 e. The van der Waals surface area contributed by atoms with Gasteiger partial charge in [-0.2, -0.15) is 0 Å². The van der Waals surface area contributed by atoms with Crippen LogP contribution in [0.15, 0.2) is 42.5 Å². The van der Waals surface area contributed by atoms with Gasteiger partial charge in [0.25, 0.3) is 0 Å². The minimum atomic E-state index is -3.92. The highest BCUT2D eigenvalue weighted by Gasteiger charge is 2.33. The lowest BCUT2D eigenvalue weighted by Crippen LogP contribution is -2.55. The number of nitrogens with zero attached hydrogens (tertiary/aromatic N) is 3. The number of ether oxygens (including phenoxy) is 1. The van der Waals surface area contributed by atoms with E-state index in [1.54, 1.807) is 12.0 Å². The summed E-state index contributed by atoms with van der Waals surface area (Å²) in [6.07, 6.45) is 0.930. The molecule has 3 rings (SSSR count). The summed E-state index contributed by atoms with van der Waals surface area (Å²) in [5, 5.41) is 0. The normalized spacial score (nSPS) is 15.5. The summed E-state index contributed by atoms with van der Waals surface area (Å²) in [4.78, 5) is 16.8. The van der Waals surface area contributed by atoms with Gasteiger partial charge < -0.3 is 14.5 Å². The predicted octanol–water partition coefficient (Wildman–Crippen LogP) is 2.48. The van der Waals surface area contributed by atoms with Crippen LogP contribution in [-0.2, 0) is 14.8 Å². The van der Waals surface area contributed by atoms with Crippen LogP contribution in [0, 0.1) is 11.6 Å². The summed E-state index contributed by atoms with van der Waals surface area (Å²) in [5.41, 5.74) is 0.902. The van der Waals surface area contributed by atoms with Crippen molar-refractivity contribution in [2.24, 2.45) is 0 Å². The van der Waals surface area contributed by atoms with E-state index in [-0.39, 0.29) is 5.69 Å². The minimum Gasteiger partial charge on any atom is -0.497 e. The van der Waals surface area contributed by atoms with Gasteiger partial charge in [0.2, 0.25) is 15.9 Å². The van der Waals surface area contributed by atoms with Crippen LogP contribution in [0.2, 0.25) is 0 Å². The molecule has 0 aromatic heterocycles. The minimum absolute atomic E-state index is 0.0980. The third kappa shape index (κ3) is 5.07. The molecule has 1 fully saturated rings. The van der Waals surface area contributed by atoms with E-state index in [1.807, 2.05) is 24.3 Å². The monoisotopic (exact) mass is 453 g/mol. The smallest absolute Gasteiger partial charge is 0.246 e. The average molecular weight is 454 g/mol. The number of hydrogen-bond donors (Lipinski definition) is 0. The number of benzene rings is 2. The maximum Gasteiger partial charge on any atom is 0.246 e. The van der Waals surface area contributed by atoms with Gasteiger partial charge in [0.15, 0.2) is 11.6 Å². The number of rotatable bonds is 6. The molecule has 7 nitrogen and oxygen atoms in total. The number of anilines is 2. The fourth-order valence-electron chi connectivity index (χ4n) is 3.67. The number of hydrogen-bond acceptors (Lipinski definition) is 5. The summed E-state index contributed by atoms with van der Waals surface area (Å²) in [5.74, 6) is -1.92. The van der Waals surface area contributed by atoms with Crippen molar-refractivity contribution in [1.29, 1.82) is 0 Å². The molecule has 1 atom stereocenters. The molecule has 10 heteroatoms. The predicted molar refractivity (Wildman–Crippen MR) is 115 cm³/mol. The lowest BCUT2D eigenvalue weighted by atomic mass is 10.2. The van der Waals surface area contributed by atoms with Crippen molar-refractivity contribution in [2.45, 2.75) is 13.0 Å². The van der Waals surface area contributed by atoms with Crippen molar-refractivity contribution in [1.82, 2.24) is 4.90 Å². The first-order valence-corrected chi connectivity index (χ1v) is 11.6. The lowest BCUT2D eigenvalue weighted by Gasteiger charge is -2.39. The van der Waals surface area contributed by atoms with Crippen molar-refractivity contribution in [3.05, 3.63) is 54.1 Å². The van der Waals surface area contributed by atoms with E-state index in [9.17, 15) is 22.0 Å². The zero-order valence-electron chi connectivity index (χ0n) is 17.6. The van der Waals surface area contributed by atoms with Gasteiger partial charge in [-0.15, -0.1) is 0 Å². The van der Waals surface area contributed by atoms with Gasteiger partial charge in [0, 0.05) is 37.9 Å². The van der Waals surface area contributed by atoms with Crippen molar-refractivity contribution in [3.63, 3.8) is 0 Å². The molecule has 0 spiro atoms. The molecule has 168 valence electrons. The Morgan fingerprint density at radius 2 is 1.65 bits per heavy atom. The average Bonchev–Trinajstić information content (AvgIpc) is 2.75. The van der Waals surface area contributed by atoms with Gasteiger partial charge in [0.1, 0.15) is 11.8 Å². The Balaban J connectivity index is 1.72. The topological polar surface area (TPSA) is 70.2 Å². The third-order valence-corrected chi connectivity index (χ3v) is 6.49. The Labute approximate surface area is 180 Å². The number of sulfonamides is 1. The van der Waals surface area contributed by atoms with E-state index in [4.69, 9.17) is 4.74 Å². The number of halogens is 2. The highest BCUT2D eigenvalue weighted by molar-refractivity contribution is 7.92. The molecule has 2 aromatic carbocycles. The van der Waals surface area contributed by atoms with Gasteiger partial charge in [0.05, 0.1) is 19.1 Å². The molecule has 1 amide bonds. The standard InChI is InChI=1S/C21H25F2N3O4S/c1-15(26(31(3,28)29)17-6-9-19(22)20(23)14-17)21(27)25-12-10-24(11-13-25)16-4-7-18(30-2)8-5-16/h4-9,14-15H,10-13H2,1-3H3. The summed E-state index contributed by atoms with van der Waals surface area (Å²) >= 11 is 0. The molecule has 0 aliphatic carbocycles. The zero-order chi connectivity index (χ0) is 22.8. The van der Waals surface area contributed by atoms with Crippen LogP contribution < -0.4 is 13.9 Å². The second-order valence-electron chi connectivity index (χ2n) is 7.34. The first-order valence-electron chi connectivity index (χ1n) is 9.74. The van der Waals surface area contributed by atoms with Gasteiger partial charge >= 0.3 is 0 Å². The quantitative estimate of drug-likeness (QED) is 0.672. The van der Waals surface area contributed by atoms with Gasteiger partial charge in [-0.25, -0.2) is 17.2 Å². The maximum atomic E-state index is 13.7. The summed E-state index contributed by atoms with van der Waals surface area (Å²) < 4.78 is 57.7. The van der Waals surface area contributed by atoms with Crippen LogP contribution in [0.4, 0.5) is 20.2 Å². The van der Waals surface area contributed by atoms with Gasteiger partial charge in [-0.05, 0) is 43.3 Å². The summed E-state index contributed by atoms with van der Waals surface area (Å²) in [6, 6.07) is 9.26. The van der Waals surface area contributed by atoms with E-state index < -0.39 is 33.6 Å². The van der Waals surface area contributed by atoms with Crippen LogP contribution in [0.1, 0.15) is 6.92 Å². The molecular weight excluding hydrogens is 428 g/mol. The van der Waals surface area contributed by atoms with E-state index >= 15 is 0 Å². The van der Waals surface area contributed by atoms with Crippen molar-refractivity contribution in [2.75, 3.05) is 48.7 Å². The van der Waals surface area contributed by atoms with Crippen LogP contribution in [-0.4, -0.2) is 64.8 Å². The zero-order valence-corrected chi connectivity index (χ0v) is 18.4. The first kappa shape index (κ1) is 22.8. The molecule has 1 saturated heterocycles. The SMILES string of the molecule is COc1ccc(N2CCN(C(=O)C(C)N(c3ccc(F)c(F)c3)S(C)(=O)=O)CC2)cc1. The number of methoxy groups -OCH3 is 1. The van der Waals surface area contributed by atoms with E-state index in [2.05, 4.69) is 4.90 Å². The molecular formula is C21H25F2N3O4S. The number of piperazine rings is 1. The molecule has 0 radical (unpaired) electrons. The Morgan fingerprint density at radius 3 is 2.16 bits per heavy atom. The Hall–Kier alpha value is -2.88. The Bertz CT molecular complexity index is 1040. The van der Waals surface area contributed by atoms with E-state index in [1.165, 1.54) is 6.92 Å². The molecule has 1 aliphatic heterocycles. The molecule has 1 heterocycles. The molecule has 1 aliphatic rings. The van der Waals surface area contributed by atoms with Crippen molar-refractivity contribution in [3.8, 4) is 5.75 Å². The Kier molecular flexibility index (Phi) is 6.68. The Morgan fingerprint density at radius 1 is 1.03 bits per heavy atom. The van der Waals surface area contributed by atoms with Gasteiger partial charge in [-0.1, -0.05) is 0 Å². The van der Waals surface area contributed by atoms with Crippen LogP contribution >= 0.6 is 0 Å². The number of carbonyl (C=O) groups excluding carboxylic acids is 1. The molecule has 0 N–H and O–H groups in total. The first-order chi connectivity index (χ1) is 14.6.